The lowest BCUT2D eigenvalue weighted by molar-refractivity contribution is -0.130. The van der Waals surface area contributed by atoms with E-state index in [1.54, 1.807) is 5.38 Å². The normalized spacial score (nSPS) is 9.45. The lowest BCUT2D eigenvalue weighted by atomic mass is 10.1. The molecule has 0 aliphatic carbocycles. The number of carboxylic acid groups (broad SMARTS) is 1. The molecule has 0 saturated carbocycles. The van der Waals surface area contributed by atoms with Gasteiger partial charge < -0.3 is 10.2 Å². The van der Waals surface area contributed by atoms with Crippen molar-refractivity contribution in [2.75, 3.05) is 0 Å². The lowest BCUT2D eigenvalue weighted by Crippen LogP contribution is -1.96. The fourth-order valence-electron chi connectivity index (χ4n) is 0.646. The molecule has 3 nitrogen and oxygen atoms in total. The number of thiophene rings is 1. The average Bonchev–Trinajstić information content (AvgIpc) is 2.33. The molecule has 11 heavy (non-hydrogen) atoms. The highest BCUT2D eigenvalue weighted by molar-refractivity contribution is 7.12. The van der Waals surface area contributed by atoms with Gasteiger partial charge in [0.15, 0.2) is 5.06 Å². The van der Waals surface area contributed by atoms with E-state index in [0.717, 1.165) is 11.3 Å². The van der Waals surface area contributed by atoms with Gasteiger partial charge in [0, 0.05) is 5.56 Å². The maximum absolute atomic E-state index is 10.3. The van der Waals surface area contributed by atoms with E-state index in [1.807, 2.05) is 0 Å². The molecular formula is C7H6O3S. The van der Waals surface area contributed by atoms with Gasteiger partial charge in [-0.2, -0.15) is 0 Å². The minimum Gasteiger partial charge on any atom is -0.499 e. The summed E-state index contributed by atoms with van der Waals surface area (Å²) in [7, 11) is 0. The van der Waals surface area contributed by atoms with Crippen LogP contribution in [-0.2, 0) is 4.79 Å². The number of carboxylic acids is 1. The van der Waals surface area contributed by atoms with Gasteiger partial charge in [-0.05, 0) is 11.4 Å². The van der Waals surface area contributed by atoms with E-state index in [2.05, 4.69) is 6.58 Å². The SMILES string of the molecule is C=C(C(=O)O)c1ccsc1O. The maximum Gasteiger partial charge on any atom is 0.335 e. The van der Waals surface area contributed by atoms with Gasteiger partial charge >= 0.3 is 5.97 Å². The molecule has 0 aliphatic rings. The Morgan fingerprint density at radius 3 is 2.64 bits per heavy atom. The van der Waals surface area contributed by atoms with Gasteiger partial charge in [0.25, 0.3) is 0 Å². The van der Waals surface area contributed by atoms with Crippen molar-refractivity contribution in [3.8, 4) is 5.06 Å². The number of rotatable bonds is 2. The predicted molar refractivity (Wildman–Crippen MR) is 42.7 cm³/mol. The Kier molecular flexibility index (Phi) is 1.96. The van der Waals surface area contributed by atoms with Crippen molar-refractivity contribution in [2.45, 2.75) is 0 Å². The summed E-state index contributed by atoms with van der Waals surface area (Å²) in [6, 6.07) is 1.52. The van der Waals surface area contributed by atoms with Crippen LogP contribution in [0.1, 0.15) is 5.56 Å². The molecule has 0 bridgehead atoms. The first-order chi connectivity index (χ1) is 5.13. The first kappa shape index (κ1) is 7.81. The van der Waals surface area contributed by atoms with Gasteiger partial charge in [-0.25, -0.2) is 4.79 Å². The van der Waals surface area contributed by atoms with Gasteiger partial charge in [0.1, 0.15) is 0 Å². The van der Waals surface area contributed by atoms with E-state index >= 15 is 0 Å². The largest absolute Gasteiger partial charge is 0.499 e. The molecule has 4 heteroatoms. The lowest BCUT2D eigenvalue weighted by Gasteiger charge is -1.95. The Hall–Kier alpha value is -1.29. The third kappa shape index (κ3) is 1.40. The smallest absolute Gasteiger partial charge is 0.335 e. The molecule has 1 rings (SSSR count). The second kappa shape index (κ2) is 2.75. The van der Waals surface area contributed by atoms with E-state index < -0.39 is 5.97 Å². The van der Waals surface area contributed by atoms with Crippen molar-refractivity contribution in [1.82, 2.24) is 0 Å². The van der Waals surface area contributed by atoms with Crippen molar-refractivity contribution in [1.29, 1.82) is 0 Å². The van der Waals surface area contributed by atoms with Gasteiger partial charge in [0.05, 0.1) is 5.57 Å². The summed E-state index contributed by atoms with van der Waals surface area (Å²) in [4.78, 5) is 10.3. The molecule has 0 radical (unpaired) electrons. The molecule has 0 aromatic carbocycles. The van der Waals surface area contributed by atoms with Crippen molar-refractivity contribution in [3.05, 3.63) is 23.6 Å². The molecule has 0 amide bonds. The zero-order valence-corrected chi connectivity index (χ0v) is 6.39. The highest BCUT2D eigenvalue weighted by Gasteiger charge is 2.11. The minimum absolute atomic E-state index is 0.00241. The van der Waals surface area contributed by atoms with Crippen LogP contribution in [0.5, 0.6) is 5.06 Å². The number of hydrogen-bond acceptors (Lipinski definition) is 3. The van der Waals surface area contributed by atoms with Crippen LogP contribution in [0.15, 0.2) is 18.0 Å². The molecule has 0 atom stereocenters. The molecule has 2 N–H and O–H groups in total. The molecule has 1 aromatic heterocycles. The Labute approximate surface area is 67.2 Å². The van der Waals surface area contributed by atoms with E-state index in [1.165, 1.54) is 6.07 Å². The summed E-state index contributed by atoms with van der Waals surface area (Å²) in [5, 5.41) is 19.1. The van der Waals surface area contributed by atoms with Crippen LogP contribution in [0.25, 0.3) is 5.57 Å². The Morgan fingerprint density at radius 2 is 2.27 bits per heavy atom. The van der Waals surface area contributed by atoms with Crippen LogP contribution in [0, 0.1) is 0 Å². The van der Waals surface area contributed by atoms with Crippen LogP contribution < -0.4 is 0 Å². The second-order valence-electron chi connectivity index (χ2n) is 1.92. The highest BCUT2D eigenvalue weighted by atomic mass is 32.1. The first-order valence-electron chi connectivity index (χ1n) is 2.82. The van der Waals surface area contributed by atoms with Gasteiger partial charge in [-0.3, -0.25) is 0 Å². The molecule has 0 saturated heterocycles. The Morgan fingerprint density at radius 1 is 1.64 bits per heavy atom. The number of aliphatic carboxylic acids is 1. The van der Waals surface area contributed by atoms with Crippen LogP contribution in [0.3, 0.4) is 0 Å². The molecule has 1 heterocycles. The third-order valence-electron chi connectivity index (χ3n) is 1.23. The standard InChI is InChI=1S/C7H6O3S/c1-4(6(8)9)5-2-3-11-7(5)10/h2-3,10H,1H2,(H,8,9). The molecule has 0 spiro atoms. The summed E-state index contributed by atoms with van der Waals surface area (Å²) < 4.78 is 0. The third-order valence-corrected chi connectivity index (χ3v) is 1.94. The molecular weight excluding hydrogens is 164 g/mol. The molecule has 1 aromatic rings. The van der Waals surface area contributed by atoms with Gasteiger partial charge in [0.2, 0.25) is 0 Å². The quantitative estimate of drug-likeness (QED) is 0.662. The van der Waals surface area contributed by atoms with Crippen LogP contribution >= 0.6 is 11.3 Å². The zero-order chi connectivity index (χ0) is 8.43. The number of aromatic hydroxyl groups is 1. The fraction of sp³-hybridized carbons (Fsp3) is 0. The van der Waals surface area contributed by atoms with Crippen molar-refractivity contribution in [2.24, 2.45) is 0 Å². The molecule has 0 fully saturated rings. The number of carbonyl (C=O) groups is 1. The molecule has 0 unspecified atom stereocenters. The minimum atomic E-state index is -1.11. The Balaban J connectivity index is 3.02. The maximum atomic E-state index is 10.3. The Bertz CT molecular complexity index is 300. The summed E-state index contributed by atoms with van der Waals surface area (Å²) in [5.41, 5.74) is 0.214. The molecule has 0 aliphatic heterocycles. The summed E-state index contributed by atoms with van der Waals surface area (Å²) in [6.07, 6.45) is 0. The first-order valence-corrected chi connectivity index (χ1v) is 3.70. The fourth-order valence-corrected chi connectivity index (χ4v) is 1.30. The topological polar surface area (TPSA) is 57.5 Å². The van der Waals surface area contributed by atoms with Crippen molar-refractivity contribution >= 4 is 22.9 Å². The van der Waals surface area contributed by atoms with Gasteiger partial charge in [-0.1, -0.05) is 6.58 Å². The van der Waals surface area contributed by atoms with Crippen LogP contribution in [0.4, 0.5) is 0 Å². The van der Waals surface area contributed by atoms with E-state index in [4.69, 9.17) is 10.2 Å². The summed E-state index contributed by atoms with van der Waals surface area (Å²) >= 11 is 1.08. The van der Waals surface area contributed by atoms with E-state index in [-0.39, 0.29) is 10.6 Å². The highest BCUT2D eigenvalue weighted by Crippen LogP contribution is 2.29. The predicted octanol–water partition coefficient (Wildman–Crippen LogP) is 1.55. The van der Waals surface area contributed by atoms with E-state index in [0.29, 0.717) is 5.56 Å². The van der Waals surface area contributed by atoms with E-state index in [9.17, 15) is 4.79 Å². The zero-order valence-electron chi connectivity index (χ0n) is 5.57. The van der Waals surface area contributed by atoms with Crippen molar-refractivity contribution in [3.63, 3.8) is 0 Å². The average molecular weight is 170 g/mol. The van der Waals surface area contributed by atoms with Crippen LogP contribution in [0.2, 0.25) is 0 Å². The molecule has 58 valence electrons. The number of hydrogen-bond donors (Lipinski definition) is 2. The van der Waals surface area contributed by atoms with Gasteiger partial charge in [-0.15, -0.1) is 11.3 Å². The monoisotopic (exact) mass is 170 g/mol. The van der Waals surface area contributed by atoms with Crippen LogP contribution in [-0.4, -0.2) is 16.2 Å². The summed E-state index contributed by atoms with van der Waals surface area (Å²) in [5.74, 6) is -1.11. The second-order valence-corrected chi connectivity index (χ2v) is 2.82. The summed E-state index contributed by atoms with van der Waals surface area (Å²) in [6.45, 7) is 3.30. The van der Waals surface area contributed by atoms with Crippen molar-refractivity contribution < 1.29 is 15.0 Å².